The minimum absolute atomic E-state index is 0.242. The molecule has 1 unspecified atom stereocenters. The molecule has 200 valence electrons. The first-order chi connectivity index (χ1) is 18.5. The molecule has 0 aliphatic carbocycles. The van der Waals surface area contributed by atoms with Gasteiger partial charge < -0.3 is 16.8 Å². The van der Waals surface area contributed by atoms with E-state index in [1.54, 1.807) is 36.1 Å². The molecule has 4 aromatic rings. The molecule has 4 rings (SSSR count). The summed E-state index contributed by atoms with van der Waals surface area (Å²) in [7, 11) is 0. The van der Waals surface area contributed by atoms with E-state index < -0.39 is 0 Å². The largest absolute Gasteiger partial charge is 0.402 e. The molecular formula is C28H32N10O. The van der Waals surface area contributed by atoms with Crippen molar-refractivity contribution in [2.24, 2.45) is 16.5 Å². The quantitative estimate of drug-likeness (QED) is 0.243. The van der Waals surface area contributed by atoms with Crippen LogP contribution in [-0.2, 0) is 0 Å². The van der Waals surface area contributed by atoms with Gasteiger partial charge in [-0.3, -0.25) is 9.78 Å². The Morgan fingerprint density at radius 3 is 2.41 bits per heavy atom. The SMILES string of the molecule is C/C(N)=C/C(N)=Nc1cc(C)nc(-c2cnc(C(=O)NC(C)c3ccc(-n4nc(C)cc4C)nc3)c(C)c2)n1. The van der Waals surface area contributed by atoms with E-state index in [0.717, 1.165) is 22.8 Å². The number of hydrogen-bond donors (Lipinski definition) is 3. The zero-order valence-corrected chi connectivity index (χ0v) is 22.9. The molecule has 11 nitrogen and oxygen atoms in total. The molecule has 1 amide bonds. The van der Waals surface area contributed by atoms with E-state index in [1.807, 2.05) is 58.9 Å². The Kier molecular flexibility index (Phi) is 7.80. The highest BCUT2D eigenvalue weighted by Gasteiger charge is 2.17. The molecule has 0 aliphatic rings. The van der Waals surface area contributed by atoms with Crippen LogP contribution in [0.2, 0.25) is 0 Å². The van der Waals surface area contributed by atoms with Crippen molar-refractivity contribution in [3.8, 4) is 17.2 Å². The molecule has 0 bridgehead atoms. The minimum atomic E-state index is -0.290. The number of rotatable bonds is 7. The van der Waals surface area contributed by atoms with Crippen molar-refractivity contribution in [3.05, 3.63) is 88.4 Å². The molecule has 0 spiro atoms. The average Bonchev–Trinajstić information content (AvgIpc) is 3.20. The number of nitrogens with two attached hydrogens (primary N) is 2. The van der Waals surface area contributed by atoms with Gasteiger partial charge in [-0.05, 0) is 76.9 Å². The second-order valence-electron chi connectivity index (χ2n) is 9.49. The number of nitrogens with zero attached hydrogens (tertiary/aromatic N) is 7. The molecule has 0 saturated carbocycles. The van der Waals surface area contributed by atoms with Crippen molar-refractivity contribution in [2.45, 2.75) is 47.6 Å². The maximum atomic E-state index is 13.1. The predicted molar refractivity (Wildman–Crippen MR) is 151 cm³/mol. The van der Waals surface area contributed by atoms with Gasteiger partial charge in [0.15, 0.2) is 17.5 Å². The summed E-state index contributed by atoms with van der Waals surface area (Å²) >= 11 is 0. The summed E-state index contributed by atoms with van der Waals surface area (Å²) < 4.78 is 1.79. The van der Waals surface area contributed by atoms with E-state index in [0.29, 0.717) is 39.9 Å². The van der Waals surface area contributed by atoms with E-state index in [2.05, 4.69) is 35.3 Å². The summed E-state index contributed by atoms with van der Waals surface area (Å²) in [6.45, 7) is 11.2. The van der Waals surface area contributed by atoms with Gasteiger partial charge in [0.1, 0.15) is 11.5 Å². The smallest absolute Gasteiger partial charge is 0.270 e. The summed E-state index contributed by atoms with van der Waals surface area (Å²) in [5.41, 5.74) is 17.3. The number of amides is 1. The van der Waals surface area contributed by atoms with Crippen LogP contribution in [-0.4, -0.2) is 41.5 Å². The maximum absolute atomic E-state index is 13.1. The molecule has 0 fully saturated rings. The lowest BCUT2D eigenvalue weighted by molar-refractivity contribution is 0.0934. The van der Waals surface area contributed by atoms with Gasteiger partial charge in [0.2, 0.25) is 0 Å². The molecule has 4 aromatic heterocycles. The third-order valence-corrected chi connectivity index (χ3v) is 5.86. The molecule has 39 heavy (non-hydrogen) atoms. The van der Waals surface area contributed by atoms with E-state index in [1.165, 1.54) is 0 Å². The fraction of sp³-hybridized carbons (Fsp3) is 0.250. The van der Waals surface area contributed by atoms with Crippen molar-refractivity contribution in [1.29, 1.82) is 0 Å². The van der Waals surface area contributed by atoms with Crippen LogP contribution in [0.5, 0.6) is 0 Å². The number of allylic oxidation sites excluding steroid dienone is 1. The van der Waals surface area contributed by atoms with Gasteiger partial charge in [-0.1, -0.05) is 6.07 Å². The standard InChI is InChI=1S/C28H32N10O/c1-15-9-22(27-33-17(3)12-24(36-27)35-23(30)10-16(2)29)14-32-26(15)28(39)34-20(6)21-7-8-25(31-13-21)38-19(5)11-18(4)37-38/h7-14,20H,29H2,1-6H3,(H,34,39)(H2,30,33,35,36)/b16-10-. The first kappa shape index (κ1) is 27.1. The number of carbonyl (C=O) groups is 1. The lowest BCUT2D eigenvalue weighted by atomic mass is 10.1. The van der Waals surface area contributed by atoms with Crippen molar-refractivity contribution in [2.75, 3.05) is 0 Å². The highest BCUT2D eigenvalue weighted by Crippen LogP contribution is 2.22. The van der Waals surface area contributed by atoms with Crippen LogP contribution >= 0.6 is 0 Å². The first-order valence-electron chi connectivity index (χ1n) is 12.4. The molecule has 1 atom stereocenters. The van der Waals surface area contributed by atoms with Crippen LogP contribution in [0.15, 0.2) is 59.5 Å². The number of carbonyl (C=O) groups excluding carboxylic acids is 1. The normalized spacial score (nSPS) is 12.9. The van der Waals surface area contributed by atoms with Crippen molar-refractivity contribution < 1.29 is 4.79 Å². The second kappa shape index (κ2) is 11.2. The minimum Gasteiger partial charge on any atom is -0.402 e. The number of aliphatic imine (C=N–C) groups is 1. The molecule has 0 radical (unpaired) electrons. The van der Waals surface area contributed by atoms with Crippen LogP contribution in [0.4, 0.5) is 5.82 Å². The van der Waals surface area contributed by atoms with Crippen molar-refractivity contribution >= 4 is 17.6 Å². The molecule has 4 heterocycles. The van der Waals surface area contributed by atoms with Gasteiger partial charge in [-0.25, -0.2) is 24.6 Å². The van der Waals surface area contributed by atoms with Crippen LogP contribution in [0.1, 0.15) is 58.6 Å². The third-order valence-electron chi connectivity index (χ3n) is 5.86. The molecule has 0 aliphatic heterocycles. The van der Waals surface area contributed by atoms with Gasteiger partial charge in [0.05, 0.1) is 11.7 Å². The number of amidine groups is 1. The van der Waals surface area contributed by atoms with Gasteiger partial charge in [0.25, 0.3) is 5.91 Å². The van der Waals surface area contributed by atoms with Crippen LogP contribution in [0, 0.1) is 27.7 Å². The Morgan fingerprint density at radius 2 is 1.79 bits per heavy atom. The zero-order chi connectivity index (χ0) is 28.3. The van der Waals surface area contributed by atoms with E-state index in [4.69, 9.17) is 11.5 Å². The zero-order valence-electron chi connectivity index (χ0n) is 22.9. The van der Waals surface area contributed by atoms with Gasteiger partial charge in [0, 0.05) is 41.1 Å². The fourth-order valence-corrected chi connectivity index (χ4v) is 4.06. The Morgan fingerprint density at radius 1 is 1.03 bits per heavy atom. The topological polar surface area (TPSA) is 163 Å². The summed E-state index contributed by atoms with van der Waals surface area (Å²) in [5.74, 6) is 1.50. The molecule has 5 N–H and O–H groups in total. The maximum Gasteiger partial charge on any atom is 0.270 e. The lowest BCUT2D eigenvalue weighted by Gasteiger charge is -2.15. The second-order valence-corrected chi connectivity index (χ2v) is 9.49. The monoisotopic (exact) mass is 524 g/mol. The Labute approximate surface area is 227 Å². The molecular weight excluding hydrogens is 492 g/mol. The number of hydrogen-bond acceptors (Lipinski definition) is 8. The fourth-order valence-electron chi connectivity index (χ4n) is 4.06. The van der Waals surface area contributed by atoms with Gasteiger partial charge in [-0.2, -0.15) is 5.10 Å². The van der Waals surface area contributed by atoms with Crippen LogP contribution < -0.4 is 16.8 Å². The highest BCUT2D eigenvalue weighted by atomic mass is 16.1. The lowest BCUT2D eigenvalue weighted by Crippen LogP contribution is -2.28. The van der Waals surface area contributed by atoms with E-state index >= 15 is 0 Å². The number of pyridine rings is 2. The first-order valence-corrected chi connectivity index (χ1v) is 12.4. The third kappa shape index (κ3) is 6.50. The molecule has 11 heteroatoms. The van der Waals surface area contributed by atoms with Crippen LogP contribution in [0.25, 0.3) is 17.2 Å². The Bertz CT molecular complexity index is 1580. The predicted octanol–water partition coefficient (Wildman–Crippen LogP) is 3.70. The summed E-state index contributed by atoms with van der Waals surface area (Å²) in [6, 6.07) is 9.08. The molecule has 0 aromatic carbocycles. The number of aryl methyl sites for hydroxylation is 4. The Hall–Kier alpha value is -4.93. The summed E-state index contributed by atoms with van der Waals surface area (Å²) in [5, 5.41) is 7.46. The summed E-state index contributed by atoms with van der Waals surface area (Å²) in [4.78, 5) is 35.3. The van der Waals surface area contributed by atoms with Crippen molar-refractivity contribution in [1.82, 2.24) is 35.0 Å². The van der Waals surface area contributed by atoms with Crippen molar-refractivity contribution in [3.63, 3.8) is 0 Å². The highest BCUT2D eigenvalue weighted by molar-refractivity contribution is 5.94. The number of aromatic nitrogens is 6. The Balaban J connectivity index is 1.50. The average molecular weight is 525 g/mol. The van der Waals surface area contributed by atoms with E-state index in [9.17, 15) is 4.79 Å². The summed E-state index contributed by atoms with van der Waals surface area (Å²) in [6.07, 6.45) is 4.88. The van der Waals surface area contributed by atoms with Crippen LogP contribution in [0.3, 0.4) is 0 Å². The molecule has 0 saturated heterocycles. The van der Waals surface area contributed by atoms with E-state index in [-0.39, 0.29) is 17.8 Å². The van der Waals surface area contributed by atoms with Gasteiger partial charge in [-0.15, -0.1) is 0 Å². The van der Waals surface area contributed by atoms with Gasteiger partial charge >= 0.3 is 0 Å². The number of nitrogens with one attached hydrogen (secondary N) is 1.